The molecule has 5 heteroatoms. The fourth-order valence-corrected chi connectivity index (χ4v) is 2.99. The molecule has 2 rings (SSSR count). The highest BCUT2D eigenvalue weighted by molar-refractivity contribution is 5.80. The van der Waals surface area contributed by atoms with E-state index >= 15 is 0 Å². The van der Waals surface area contributed by atoms with E-state index in [0.717, 1.165) is 19.4 Å². The molecule has 0 aliphatic carbocycles. The number of carbonyl (C=O) groups excluding carboxylic acids is 1. The van der Waals surface area contributed by atoms with Gasteiger partial charge in [-0.05, 0) is 26.3 Å². The summed E-state index contributed by atoms with van der Waals surface area (Å²) >= 11 is 0. The normalized spacial score (nSPS) is 34.5. The van der Waals surface area contributed by atoms with Crippen LogP contribution in [0.1, 0.15) is 33.6 Å². The molecule has 2 heterocycles. The van der Waals surface area contributed by atoms with Gasteiger partial charge in [0.1, 0.15) is 0 Å². The lowest BCUT2D eigenvalue weighted by atomic mass is 9.99. The van der Waals surface area contributed by atoms with E-state index in [4.69, 9.17) is 9.47 Å². The van der Waals surface area contributed by atoms with Crippen molar-refractivity contribution in [3.63, 3.8) is 0 Å². The first-order valence-electron chi connectivity index (χ1n) is 7.90. The zero-order valence-corrected chi connectivity index (χ0v) is 12.9. The molecule has 0 bridgehead atoms. The van der Waals surface area contributed by atoms with Gasteiger partial charge in [-0.15, -0.1) is 0 Å². The van der Waals surface area contributed by atoms with Gasteiger partial charge in [0.2, 0.25) is 5.91 Å². The van der Waals surface area contributed by atoms with Crippen molar-refractivity contribution in [1.29, 1.82) is 0 Å². The zero-order valence-electron chi connectivity index (χ0n) is 12.9. The van der Waals surface area contributed by atoms with Crippen LogP contribution in [0.25, 0.3) is 0 Å². The van der Waals surface area contributed by atoms with E-state index < -0.39 is 0 Å². The lowest BCUT2D eigenvalue weighted by molar-refractivity contribution is -0.149. The predicted octanol–water partition coefficient (Wildman–Crippen LogP) is 1.03. The lowest BCUT2D eigenvalue weighted by Gasteiger charge is -2.40. The molecule has 2 saturated heterocycles. The molecule has 2 fully saturated rings. The Kier molecular flexibility index (Phi) is 5.81. The Labute approximate surface area is 122 Å². The summed E-state index contributed by atoms with van der Waals surface area (Å²) in [7, 11) is 0. The van der Waals surface area contributed by atoms with Crippen LogP contribution in [0, 0.1) is 5.92 Å². The SMILES string of the molecule is CCCNC1COCC1C(=O)N1CC(C)OCC1CC. The highest BCUT2D eigenvalue weighted by Gasteiger charge is 2.39. The van der Waals surface area contributed by atoms with Gasteiger partial charge in [0, 0.05) is 12.6 Å². The number of carbonyl (C=O) groups is 1. The first kappa shape index (κ1) is 15.7. The number of hydrogen-bond donors (Lipinski definition) is 1. The van der Waals surface area contributed by atoms with Crippen LogP contribution in [0.15, 0.2) is 0 Å². The van der Waals surface area contributed by atoms with Gasteiger partial charge in [0.25, 0.3) is 0 Å². The zero-order chi connectivity index (χ0) is 14.5. The van der Waals surface area contributed by atoms with Crippen LogP contribution in [0.4, 0.5) is 0 Å². The van der Waals surface area contributed by atoms with E-state index in [1.54, 1.807) is 0 Å². The molecule has 0 spiro atoms. The molecule has 2 aliphatic rings. The molecule has 5 nitrogen and oxygen atoms in total. The summed E-state index contributed by atoms with van der Waals surface area (Å²) in [6.07, 6.45) is 2.15. The summed E-state index contributed by atoms with van der Waals surface area (Å²) in [5.41, 5.74) is 0. The summed E-state index contributed by atoms with van der Waals surface area (Å²) in [6, 6.07) is 0.379. The molecule has 1 N–H and O–H groups in total. The average Bonchev–Trinajstić information content (AvgIpc) is 2.92. The molecule has 0 saturated carbocycles. The van der Waals surface area contributed by atoms with Gasteiger partial charge in [-0.1, -0.05) is 13.8 Å². The number of hydrogen-bond acceptors (Lipinski definition) is 4. The van der Waals surface area contributed by atoms with Crippen molar-refractivity contribution in [1.82, 2.24) is 10.2 Å². The number of ether oxygens (including phenoxy) is 2. The number of rotatable bonds is 5. The maximum Gasteiger partial charge on any atom is 0.230 e. The monoisotopic (exact) mass is 284 g/mol. The molecule has 0 radical (unpaired) electrons. The second-order valence-corrected chi connectivity index (χ2v) is 5.90. The Balaban J connectivity index is 2.00. The summed E-state index contributed by atoms with van der Waals surface area (Å²) in [5.74, 6) is 0.194. The minimum absolute atomic E-state index is 0.0408. The van der Waals surface area contributed by atoms with Crippen molar-refractivity contribution < 1.29 is 14.3 Å². The van der Waals surface area contributed by atoms with Gasteiger partial charge in [-0.2, -0.15) is 0 Å². The van der Waals surface area contributed by atoms with Crippen LogP contribution in [0.2, 0.25) is 0 Å². The van der Waals surface area contributed by atoms with Gasteiger partial charge in [-0.3, -0.25) is 4.79 Å². The highest BCUT2D eigenvalue weighted by Crippen LogP contribution is 2.22. The number of nitrogens with zero attached hydrogens (tertiary/aromatic N) is 1. The Morgan fingerprint density at radius 3 is 2.80 bits per heavy atom. The van der Waals surface area contributed by atoms with E-state index in [1.165, 1.54) is 0 Å². The molecule has 0 aromatic rings. The molecule has 4 atom stereocenters. The van der Waals surface area contributed by atoms with Crippen LogP contribution in [-0.4, -0.2) is 61.9 Å². The van der Waals surface area contributed by atoms with Crippen LogP contribution >= 0.6 is 0 Å². The Morgan fingerprint density at radius 2 is 2.10 bits per heavy atom. The third-order valence-corrected chi connectivity index (χ3v) is 4.28. The molecular formula is C15H28N2O3. The van der Waals surface area contributed by atoms with Crippen molar-refractivity contribution in [3.05, 3.63) is 0 Å². The molecule has 116 valence electrons. The van der Waals surface area contributed by atoms with Gasteiger partial charge in [0.05, 0.1) is 37.9 Å². The predicted molar refractivity (Wildman–Crippen MR) is 77.6 cm³/mol. The standard InChI is InChI=1S/C15H28N2O3/c1-4-6-16-14-10-19-9-13(14)15(18)17-7-11(3)20-8-12(17)5-2/h11-14,16H,4-10H2,1-3H3. The van der Waals surface area contributed by atoms with Crippen molar-refractivity contribution in [2.75, 3.05) is 32.9 Å². The molecule has 2 aliphatic heterocycles. The fraction of sp³-hybridized carbons (Fsp3) is 0.933. The molecule has 0 aromatic carbocycles. The van der Waals surface area contributed by atoms with Crippen LogP contribution < -0.4 is 5.32 Å². The fourth-order valence-electron chi connectivity index (χ4n) is 2.99. The van der Waals surface area contributed by atoms with Crippen LogP contribution in [-0.2, 0) is 14.3 Å². The summed E-state index contributed by atoms with van der Waals surface area (Å²) in [4.78, 5) is 14.9. The first-order valence-corrected chi connectivity index (χ1v) is 7.90. The molecule has 1 amide bonds. The van der Waals surface area contributed by atoms with E-state index in [9.17, 15) is 4.79 Å². The largest absolute Gasteiger partial charge is 0.379 e. The smallest absolute Gasteiger partial charge is 0.230 e. The Hall–Kier alpha value is -0.650. The molecular weight excluding hydrogens is 256 g/mol. The van der Waals surface area contributed by atoms with E-state index in [0.29, 0.717) is 26.4 Å². The van der Waals surface area contributed by atoms with Crippen molar-refractivity contribution in [3.8, 4) is 0 Å². The van der Waals surface area contributed by atoms with Crippen molar-refractivity contribution >= 4 is 5.91 Å². The quantitative estimate of drug-likeness (QED) is 0.819. The number of nitrogens with one attached hydrogen (secondary N) is 1. The van der Waals surface area contributed by atoms with Gasteiger partial charge in [0.15, 0.2) is 0 Å². The van der Waals surface area contributed by atoms with E-state index in [2.05, 4.69) is 19.2 Å². The van der Waals surface area contributed by atoms with E-state index in [1.807, 2.05) is 11.8 Å². The van der Waals surface area contributed by atoms with Crippen LogP contribution in [0.5, 0.6) is 0 Å². The Morgan fingerprint density at radius 1 is 1.30 bits per heavy atom. The Bertz CT molecular complexity index is 324. The first-order chi connectivity index (χ1) is 9.67. The number of morpholine rings is 1. The topological polar surface area (TPSA) is 50.8 Å². The maximum atomic E-state index is 12.8. The third-order valence-electron chi connectivity index (χ3n) is 4.28. The van der Waals surface area contributed by atoms with Crippen molar-refractivity contribution in [2.45, 2.75) is 51.8 Å². The van der Waals surface area contributed by atoms with Gasteiger partial charge in [-0.25, -0.2) is 0 Å². The van der Waals surface area contributed by atoms with E-state index in [-0.39, 0.29) is 30.0 Å². The molecule has 4 unspecified atom stereocenters. The minimum Gasteiger partial charge on any atom is -0.379 e. The van der Waals surface area contributed by atoms with Gasteiger partial charge < -0.3 is 19.7 Å². The van der Waals surface area contributed by atoms with Gasteiger partial charge >= 0.3 is 0 Å². The van der Waals surface area contributed by atoms with Crippen molar-refractivity contribution in [2.24, 2.45) is 5.92 Å². The highest BCUT2D eigenvalue weighted by atomic mass is 16.5. The minimum atomic E-state index is -0.0408. The average molecular weight is 284 g/mol. The second-order valence-electron chi connectivity index (χ2n) is 5.90. The summed E-state index contributed by atoms with van der Waals surface area (Å²) in [6.45, 7) is 9.77. The summed E-state index contributed by atoms with van der Waals surface area (Å²) < 4.78 is 11.2. The molecule has 0 aromatic heterocycles. The summed E-state index contributed by atoms with van der Waals surface area (Å²) in [5, 5.41) is 3.44. The third kappa shape index (κ3) is 3.51. The molecule has 20 heavy (non-hydrogen) atoms. The van der Waals surface area contributed by atoms with Crippen LogP contribution in [0.3, 0.4) is 0 Å². The maximum absolute atomic E-state index is 12.8. The number of amides is 1. The second kappa shape index (κ2) is 7.38. The lowest BCUT2D eigenvalue weighted by Crippen LogP contribution is -2.55.